The molecule has 0 amide bonds. The third-order valence-corrected chi connectivity index (χ3v) is 1.73. The van der Waals surface area contributed by atoms with E-state index in [2.05, 4.69) is 10.2 Å². The van der Waals surface area contributed by atoms with Crippen LogP contribution in [-0.4, -0.2) is 15.3 Å². The monoisotopic (exact) mass is 194 g/mol. The van der Waals surface area contributed by atoms with Crippen LogP contribution in [0.1, 0.15) is 23.9 Å². The summed E-state index contributed by atoms with van der Waals surface area (Å²) in [5.74, 6) is 0. The van der Waals surface area contributed by atoms with E-state index in [4.69, 9.17) is 5.11 Å². The summed E-state index contributed by atoms with van der Waals surface area (Å²) < 4.78 is 36.6. The first-order valence-electron chi connectivity index (χ1n) is 3.74. The number of halogens is 3. The SMILES string of the molecule is CCc1[nH]nc(C(F)(F)F)c1CO. The van der Waals surface area contributed by atoms with Crippen molar-refractivity contribution in [1.29, 1.82) is 0 Å². The van der Waals surface area contributed by atoms with Crippen LogP contribution in [0, 0.1) is 0 Å². The summed E-state index contributed by atoms with van der Waals surface area (Å²) in [6.07, 6.45) is -4.11. The van der Waals surface area contributed by atoms with Crippen LogP contribution in [0.15, 0.2) is 0 Å². The number of hydrogen-bond acceptors (Lipinski definition) is 2. The molecule has 0 aliphatic rings. The highest BCUT2D eigenvalue weighted by molar-refractivity contribution is 5.26. The molecule has 0 spiro atoms. The molecule has 1 rings (SSSR count). The Morgan fingerprint density at radius 3 is 2.46 bits per heavy atom. The second-order valence-electron chi connectivity index (χ2n) is 2.54. The van der Waals surface area contributed by atoms with Gasteiger partial charge in [0.1, 0.15) is 0 Å². The van der Waals surface area contributed by atoms with Crippen molar-refractivity contribution in [2.45, 2.75) is 26.1 Å². The number of aromatic nitrogens is 2. The fourth-order valence-electron chi connectivity index (χ4n) is 1.10. The summed E-state index contributed by atoms with van der Waals surface area (Å²) in [4.78, 5) is 0. The Morgan fingerprint density at radius 1 is 1.46 bits per heavy atom. The zero-order valence-electron chi connectivity index (χ0n) is 6.94. The Morgan fingerprint density at radius 2 is 2.08 bits per heavy atom. The molecule has 0 saturated heterocycles. The molecular weight excluding hydrogens is 185 g/mol. The van der Waals surface area contributed by atoms with E-state index in [0.29, 0.717) is 12.1 Å². The lowest BCUT2D eigenvalue weighted by Crippen LogP contribution is -2.09. The summed E-state index contributed by atoms with van der Waals surface area (Å²) in [6, 6.07) is 0. The number of nitrogens with one attached hydrogen (secondary N) is 1. The molecule has 1 heterocycles. The second-order valence-corrected chi connectivity index (χ2v) is 2.54. The number of aliphatic hydroxyl groups is 1. The van der Waals surface area contributed by atoms with E-state index < -0.39 is 18.5 Å². The minimum absolute atomic E-state index is 0.157. The third-order valence-electron chi connectivity index (χ3n) is 1.73. The van der Waals surface area contributed by atoms with Crippen LogP contribution >= 0.6 is 0 Å². The average molecular weight is 194 g/mol. The first-order valence-corrected chi connectivity index (χ1v) is 3.74. The quantitative estimate of drug-likeness (QED) is 0.749. The number of aryl methyl sites for hydroxylation is 1. The first-order chi connectivity index (χ1) is 6.00. The van der Waals surface area contributed by atoms with Gasteiger partial charge < -0.3 is 5.11 Å². The molecule has 0 radical (unpaired) electrons. The normalized spacial score (nSPS) is 12.1. The summed E-state index contributed by atoms with van der Waals surface area (Å²) in [5, 5.41) is 14.1. The van der Waals surface area contributed by atoms with Crippen LogP contribution in [0.4, 0.5) is 13.2 Å². The standard InChI is InChI=1S/C7H9F3N2O/c1-2-5-4(3-13)6(12-11-5)7(8,9)10/h13H,2-3H2,1H3,(H,11,12). The number of H-pyrrole nitrogens is 1. The second kappa shape index (κ2) is 3.37. The molecule has 3 nitrogen and oxygen atoms in total. The van der Waals surface area contributed by atoms with Gasteiger partial charge in [-0.15, -0.1) is 0 Å². The molecule has 0 aliphatic carbocycles. The maximum atomic E-state index is 12.2. The number of aromatic amines is 1. The Labute approximate surface area is 72.6 Å². The van der Waals surface area contributed by atoms with Crippen LogP contribution in [0.5, 0.6) is 0 Å². The summed E-state index contributed by atoms with van der Waals surface area (Å²) in [7, 11) is 0. The van der Waals surface area contributed by atoms with Crippen molar-refractivity contribution in [3.8, 4) is 0 Å². The van der Waals surface area contributed by atoms with Crippen molar-refractivity contribution in [2.24, 2.45) is 0 Å². The molecule has 6 heteroatoms. The highest BCUT2D eigenvalue weighted by Crippen LogP contribution is 2.31. The van der Waals surface area contributed by atoms with Crippen LogP contribution in [0.25, 0.3) is 0 Å². The Hall–Kier alpha value is -1.04. The summed E-state index contributed by atoms with van der Waals surface area (Å²) >= 11 is 0. The van der Waals surface area contributed by atoms with Gasteiger partial charge in [-0.1, -0.05) is 6.92 Å². The summed E-state index contributed by atoms with van der Waals surface area (Å²) in [6.45, 7) is 1.04. The number of aliphatic hydroxyl groups excluding tert-OH is 1. The smallest absolute Gasteiger partial charge is 0.392 e. The van der Waals surface area contributed by atoms with Crippen LogP contribution in [0.2, 0.25) is 0 Å². The van der Waals surface area contributed by atoms with Gasteiger partial charge in [0.25, 0.3) is 0 Å². The van der Waals surface area contributed by atoms with Gasteiger partial charge in [0.2, 0.25) is 0 Å². The van der Waals surface area contributed by atoms with E-state index in [9.17, 15) is 13.2 Å². The minimum atomic E-state index is -4.50. The molecule has 0 aromatic carbocycles. The lowest BCUT2D eigenvalue weighted by Gasteiger charge is -2.04. The zero-order chi connectivity index (χ0) is 10.1. The Kier molecular flexibility index (Phi) is 2.60. The lowest BCUT2D eigenvalue weighted by molar-refractivity contribution is -0.142. The number of hydrogen-bond donors (Lipinski definition) is 2. The van der Waals surface area contributed by atoms with Crippen molar-refractivity contribution in [1.82, 2.24) is 10.2 Å². The predicted octanol–water partition coefficient (Wildman–Crippen LogP) is 1.48. The number of nitrogens with zero attached hydrogens (tertiary/aromatic N) is 1. The van der Waals surface area contributed by atoms with Gasteiger partial charge >= 0.3 is 6.18 Å². The maximum absolute atomic E-state index is 12.2. The number of rotatable bonds is 2. The van der Waals surface area contributed by atoms with Gasteiger partial charge in [-0.05, 0) is 6.42 Å². The van der Waals surface area contributed by atoms with Gasteiger partial charge in [-0.2, -0.15) is 18.3 Å². The molecule has 0 atom stereocenters. The molecule has 0 bridgehead atoms. The largest absolute Gasteiger partial charge is 0.435 e. The van der Waals surface area contributed by atoms with Gasteiger partial charge in [0, 0.05) is 11.3 Å². The lowest BCUT2D eigenvalue weighted by atomic mass is 10.1. The van der Waals surface area contributed by atoms with Gasteiger partial charge in [-0.3, -0.25) is 5.10 Å². The molecule has 0 saturated carbocycles. The summed E-state index contributed by atoms with van der Waals surface area (Å²) in [5.41, 5.74) is -0.850. The molecule has 1 aromatic heterocycles. The fraction of sp³-hybridized carbons (Fsp3) is 0.571. The molecule has 0 unspecified atom stereocenters. The van der Waals surface area contributed by atoms with E-state index in [1.807, 2.05) is 0 Å². The van der Waals surface area contributed by atoms with E-state index in [-0.39, 0.29) is 5.56 Å². The number of alkyl halides is 3. The molecule has 1 aromatic rings. The molecule has 0 fully saturated rings. The van der Waals surface area contributed by atoms with Crippen LogP contribution in [0.3, 0.4) is 0 Å². The third kappa shape index (κ3) is 1.82. The van der Waals surface area contributed by atoms with E-state index >= 15 is 0 Å². The van der Waals surface area contributed by atoms with E-state index in [1.165, 1.54) is 0 Å². The van der Waals surface area contributed by atoms with Crippen LogP contribution in [-0.2, 0) is 19.2 Å². The fourth-order valence-corrected chi connectivity index (χ4v) is 1.10. The van der Waals surface area contributed by atoms with Crippen LogP contribution < -0.4 is 0 Å². The predicted molar refractivity (Wildman–Crippen MR) is 38.9 cm³/mol. The highest BCUT2D eigenvalue weighted by atomic mass is 19.4. The van der Waals surface area contributed by atoms with Gasteiger partial charge in [-0.25, -0.2) is 0 Å². The molecule has 74 valence electrons. The maximum Gasteiger partial charge on any atom is 0.435 e. The average Bonchev–Trinajstić information content (AvgIpc) is 2.45. The molecular formula is C7H9F3N2O. The van der Waals surface area contributed by atoms with Crippen molar-refractivity contribution in [3.05, 3.63) is 17.0 Å². The van der Waals surface area contributed by atoms with Crippen molar-refractivity contribution in [2.75, 3.05) is 0 Å². The molecule has 13 heavy (non-hydrogen) atoms. The topological polar surface area (TPSA) is 48.9 Å². The van der Waals surface area contributed by atoms with Crippen molar-refractivity contribution >= 4 is 0 Å². The van der Waals surface area contributed by atoms with Gasteiger partial charge in [0.15, 0.2) is 5.69 Å². The van der Waals surface area contributed by atoms with Gasteiger partial charge in [0.05, 0.1) is 6.61 Å². The first kappa shape index (κ1) is 10.0. The molecule has 0 aliphatic heterocycles. The Bertz CT molecular complexity index is 292. The Balaban J connectivity index is 3.16. The zero-order valence-corrected chi connectivity index (χ0v) is 6.94. The minimum Gasteiger partial charge on any atom is -0.392 e. The van der Waals surface area contributed by atoms with Crippen molar-refractivity contribution in [3.63, 3.8) is 0 Å². The van der Waals surface area contributed by atoms with E-state index in [0.717, 1.165) is 0 Å². The van der Waals surface area contributed by atoms with Crippen molar-refractivity contribution < 1.29 is 18.3 Å². The van der Waals surface area contributed by atoms with E-state index in [1.54, 1.807) is 6.92 Å². The molecule has 2 N–H and O–H groups in total. The highest BCUT2D eigenvalue weighted by Gasteiger charge is 2.37.